The average Bonchev–Trinajstić information content (AvgIpc) is 2.89. The highest BCUT2D eigenvalue weighted by Gasteiger charge is 2.23. The highest BCUT2D eigenvalue weighted by atomic mass is 35.5. The molecule has 0 radical (unpaired) electrons. The molecule has 3 rings (SSSR count). The third-order valence-corrected chi connectivity index (χ3v) is 5.41. The zero-order chi connectivity index (χ0) is 18.1. The van der Waals surface area contributed by atoms with Crippen LogP contribution in [0, 0.1) is 0 Å². The molecule has 0 aromatic heterocycles. The van der Waals surface area contributed by atoms with Crippen LogP contribution in [0.2, 0.25) is 10.0 Å². The number of thiocarbonyl (C=S) groups is 1. The average molecular weight is 412 g/mol. The highest BCUT2D eigenvalue weighted by molar-refractivity contribution is 8.26. The lowest BCUT2D eigenvalue weighted by atomic mass is 10.0. The number of hydrogen-bond donors (Lipinski definition) is 2. The van der Waals surface area contributed by atoms with Crippen LogP contribution in [0.1, 0.15) is 5.56 Å². The predicted molar refractivity (Wildman–Crippen MR) is 106 cm³/mol. The summed E-state index contributed by atoms with van der Waals surface area (Å²) in [5.74, 6) is 0.225. The fourth-order valence-electron chi connectivity index (χ4n) is 2.30. The van der Waals surface area contributed by atoms with Crippen molar-refractivity contribution < 1.29 is 14.6 Å². The number of hydrogen-bond acceptors (Lipinski definition) is 5. The van der Waals surface area contributed by atoms with E-state index in [2.05, 4.69) is 5.32 Å². The monoisotopic (exact) mass is 411 g/mol. The molecule has 0 saturated carbocycles. The maximum absolute atomic E-state index is 11.9. The molecule has 4 nitrogen and oxygen atoms in total. The number of rotatable bonds is 3. The van der Waals surface area contributed by atoms with Crippen molar-refractivity contribution in [3.8, 4) is 22.6 Å². The maximum atomic E-state index is 11.9. The fraction of sp³-hybridized carbons (Fsp3) is 0.0588. The third-order valence-electron chi connectivity index (χ3n) is 3.51. The Kier molecular flexibility index (Phi) is 5.24. The van der Waals surface area contributed by atoms with E-state index < -0.39 is 0 Å². The lowest BCUT2D eigenvalue weighted by Gasteiger charge is -2.12. The molecule has 1 amide bonds. The molecular formula is C17H11Cl2NO3S2. The van der Waals surface area contributed by atoms with Gasteiger partial charge in [0.1, 0.15) is 15.8 Å². The third kappa shape index (κ3) is 3.77. The molecule has 2 aromatic carbocycles. The summed E-state index contributed by atoms with van der Waals surface area (Å²) in [7, 11) is 1.52. The number of nitrogens with one attached hydrogen (secondary N) is 1. The smallest absolute Gasteiger partial charge is 0.263 e. The molecule has 0 atom stereocenters. The molecule has 0 bridgehead atoms. The topological polar surface area (TPSA) is 58.6 Å². The van der Waals surface area contributed by atoms with Gasteiger partial charge in [0, 0.05) is 11.1 Å². The molecule has 1 saturated heterocycles. The maximum Gasteiger partial charge on any atom is 0.263 e. The molecule has 2 aromatic rings. The van der Waals surface area contributed by atoms with Crippen molar-refractivity contribution in [3.63, 3.8) is 0 Å². The van der Waals surface area contributed by atoms with Gasteiger partial charge in [0.25, 0.3) is 5.91 Å². The van der Waals surface area contributed by atoms with Gasteiger partial charge in [-0.05, 0) is 35.9 Å². The number of amides is 1. The number of phenols is 1. The second kappa shape index (κ2) is 7.25. The first kappa shape index (κ1) is 18.1. The molecule has 0 aliphatic carbocycles. The molecular weight excluding hydrogens is 401 g/mol. The van der Waals surface area contributed by atoms with Crippen LogP contribution >= 0.6 is 47.2 Å². The Morgan fingerprint density at radius 3 is 2.60 bits per heavy atom. The minimum Gasteiger partial charge on any atom is -0.507 e. The van der Waals surface area contributed by atoms with E-state index in [1.807, 2.05) is 0 Å². The number of benzene rings is 2. The van der Waals surface area contributed by atoms with Crippen LogP contribution in [0.3, 0.4) is 0 Å². The quantitative estimate of drug-likeness (QED) is 0.557. The van der Waals surface area contributed by atoms with Crippen LogP contribution in [0.25, 0.3) is 17.2 Å². The summed E-state index contributed by atoms with van der Waals surface area (Å²) in [4.78, 5) is 12.3. The Morgan fingerprint density at radius 2 is 2.00 bits per heavy atom. The van der Waals surface area contributed by atoms with Crippen molar-refractivity contribution in [2.45, 2.75) is 0 Å². The van der Waals surface area contributed by atoms with E-state index in [1.54, 1.807) is 36.4 Å². The second-order valence-electron chi connectivity index (χ2n) is 5.09. The summed E-state index contributed by atoms with van der Waals surface area (Å²) in [6, 6.07) is 8.37. The SMILES string of the molecule is COc1cc(/C=C2\SC(=S)NC2=O)c(O)c(-c2ccc(Cl)c(Cl)c2)c1. The molecule has 1 aliphatic heterocycles. The molecule has 128 valence electrons. The van der Waals surface area contributed by atoms with Crippen LogP contribution in [0.4, 0.5) is 0 Å². The van der Waals surface area contributed by atoms with Gasteiger partial charge in [-0.25, -0.2) is 0 Å². The standard InChI is InChI=1S/C17H11Cl2NO3S2/c1-23-10-4-9(6-14-16(22)20-17(24)25-14)15(21)11(7-10)8-2-3-12(18)13(19)5-8/h2-7,21H,1H3,(H,20,22,24)/b14-6-. The van der Waals surface area contributed by atoms with Crippen LogP contribution in [0.5, 0.6) is 11.5 Å². The minimum atomic E-state index is -0.298. The van der Waals surface area contributed by atoms with E-state index >= 15 is 0 Å². The summed E-state index contributed by atoms with van der Waals surface area (Å²) in [5.41, 5.74) is 1.61. The fourth-order valence-corrected chi connectivity index (χ4v) is 3.64. The van der Waals surface area contributed by atoms with Gasteiger partial charge in [0.05, 0.1) is 22.1 Å². The lowest BCUT2D eigenvalue weighted by molar-refractivity contribution is -0.115. The van der Waals surface area contributed by atoms with Crippen molar-refractivity contribution in [2.24, 2.45) is 0 Å². The van der Waals surface area contributed by atoms with Gasteiger partial charge in [-0.15, -0.1) is 0 Å². The summed E-state index contributed by atoms with van der Waals surface area (Å²) in [5, 5.41) is 14.0. The number of halogens is 2. The summed E-state index contributed by atoms with van der Waals surface area (Å²) in [6.45, 7) is 0. The van der Waals surface area contributed by atoms with E-state index in [0.29, 0.717) is 41.7 Å². The van der Waals surface area contributed by atoms with E-state index in [0.717, 1.165) is 11.8 Å². The normalized spacial score (nSPS) is 15.6. The molecule has 0 unspecified atom stereocenters. The number of carbonyl (C=O) groups is 1. The molecule has 1 aliphatic rings. The molecule has 2 N–H and O–H groups in total. The summed E-state index contributed by atoms with van der Waals surface area (Å²) < 4.78 is 5.68. The zero-order valence-electron chi connectivity index (χ0n) is 12.8. The molecule has 0 spiro atoms. The molecule has 1 heterocycles. The van der Waals surface area contributed by atoms with Gasteiger partial charge in [-0.2, -0.15) is 0 Å². The van der Waals surface area contributed by atoms with Crippen molar-refractivity contribution >= 4 is 63.5 Å². The number of methoxy groups -OCH3 is 1. The van der Waals surface area contributed by atoms with Crippen molar-refractivity contribution in [1.82, 2.24) is 5.32 Å². The minimum absolute atomic E-state index is 0.00194. The second-order valence-corrected chi connectivity index (χ2v) is 7.63. The molecule has 1 fully saturated rings. The van der Waals surface area contributed by atoms with Crippen LogP contribution in [0.15, 0.2) is 35.2 Å². The Labute approximate surface area is 163 Å². The van der Waals surface area contributed by atoms with Crippen LogP contribution in [-0.2, 0) is 4.79 Å². The van der Waals surface area contributed by atoms with Gasteiger partial charge in [-0.1, -0.05) is 53.2 Å². The van der Waals surface area contributed by atoms with Crippen LogP contribution in [-0.4, -0.2) is 22.4 Å². The summed E-state index contributed by atoms with van der Waals surface area (Å²) >= 11 is 18.1. The van der Waals surface area contributed by atoms with Gasteiger partial charge in [0.2, 0.25) is 0 Å². The van der Waals surface area contributed by atoms with Crippen molar-refractivity contribution in [1.29, 1.82) is 0 Å². The van der Waals surface area contributed by atoms with Crippen molar-refractivity contribution in [2.75, 3.05) is 7.11 Å². The Hall–Kier alpha value is -1.73. The Morgan fingerprint density at radius 1 is 1.24 bits per heavy atom. The number of phenolic OH excluding ortho intramolecular Hbond substituents is 1. The van der Waals surface area contributed by atoms with Gasteiger partial charge in [0.15, 0.2) is 0 Å². The van der Waals surface area contributed by atoms with Gasteiger partial charge < -0.3 is 15.2 Å². The van der Waals surface area contributed by atoms with Crippen molar-refractivity contribution in [3.05, 3.63) is 50.8 Å². The zero-order valence-corrected chi connectivity index (χ0v) is 15.9. The van der Waals surface area contributed by atoms with Gasteiger partial charge >= 0.3 is 0 Å². The van der Waals surface area contributed by atoms with E-state index in [1.165, 1.54) is 7.11 Å². The Bertz CT molecular complexity index is 928. The predicted octanol–water partition coefficient (Wildman–Crippen LogP) is 4.86. The lowest BCUT2D eigenvalue weighted by Crippen LogP contribution is -2.17. The largest absolute Gasteiger partial charge is 0.507 e. The summed E-state index contributed by atoms with van der Waals surface area (Å²) in [6.07, 6.45) is 1.57. The Balaban J connectivity index is 2.14. The molecule has 25 heavy (non-hydrogen) atoms. The first-order chi connectivity index (χ1) is 11.9. The first-order valence-electron chi connectivity index (χ1n) is 7.00. The van der Waals surface area contributed by atoms with Crippen LogP contribution < -0.4 is 10.1 Å². The van der Waals surface area contributed by atoms with E-state index in [9.17, 15) is 9.90 Å². The van der Waals surface area contributed by atoms with E-state index in [-0.39, 0.29) is 11.7 Å². The number of aromatic hydroxyl groups is 1. The van der Waals surface area contributed by atoms with Gasteiger partial charge in [-0.3, -0.25) is 4.79 Å². The number of thioether (sulfide) groups is 1. The highest BCUT2D eigenvalue weighted by Crippen LogP contribution is 2.40. The number of carbonyl (C=O) groups excluding carboxylic acids is 1. The number of ether oxygens (including phenoxy) is 1. The molecule has 8 heteroatoms. The first-order valence-corrected chi connectivity index (χ1v) is 8.98. The van der Waals surface area contributed by atoms with E-state index in [4.69, 9.17) is 40.2 Å².